The maximum absolute atomic E-state index is 12.0. The van der Waals surface area contributed by atoms with Gasteiger partial charge in [-0.15, -0.1) is 5.10 Å². The molecular formula is C14H20N4O4S. The molecule has 3 amide bonds. The van der Waals surface area contributed by atoms with Gasteiger partial charge in [0.15, 0.2) is 11.0 Å². The number of imide groups is 1. The summed E-state index contributed by atoms with van der Waals surface area (Å²) in [5, 5.41) is 8.74. The Morgan fingerprint density at radius 1 is 1.35 bits per heavy atom. The zero-order valence-electron chi connectivity index (χ0n) is 13.1. The fourth-order valence-electron chi connectivity index (χ4n) is 2.37. The Balaban J connectivity index is 1.82. The van der Waals surface area contributed by atoms with Crippen LogP contribution in [0.1, 0.15) is 54.9 Å². The van der Waals surface area contributed by atoms with Crippen molar-refractivity contribution < 1.29 is 19.1 Å². The van der Waals surface area contributed by atoms with Crippen LogP contribution in [-0.2, 0) is 16.0 Å². The van der Waals surface area contributed by atoms with E-state index in [-0.39, 0.29) is 10.9 Å². The summed E-state index contributed by atoms with van der Waals surface area (Å²) in [5.74, 6) is -1.32. The molecule has 0 unspecified atom stereocenters. The quantitative estimate of drug-likeness (QED) is 0.784. The molecule has 0 saturated heterocycles. The van der Waals surface area contributed by atoms with Crippen LogP contribution < -0.4 is 10.6 Å². The van der Waals surface area contributed by atoms with E-state index in [1.54, 1.807) is 0 Å². The maximum atomic E-state index is 12.0. The Bertz CT molecular complexity index is 583. The van der Waals surface area contributed by atoms with Gasteiger partial charge in [0.05, 0.1) is 5.69 Å². The van der Waals surface area contributed by atoms with Crippen LogP contribution in [0.3, 0.4) is 0 Å². The number of nitrogens with zero attached hydrogens (tertiary/aromatic N) is 2. The predicted octanol–water partition coefficient (Wildman–Crippen LogP) is 1.41. The molecule has 1 fully saturated rings. The summed E-state index contributed by atoms with van der Waals surface area (Å²) in [6.07, 6.45) is 3.47. The first-order valence-electron chi connectivity index (χ1n) is 7.64. The molecule has 0 aromatic carbocycles. The minimum absolute atomic E-state index is 0.107. The van der Waals surface area contributed by atoms with Crippen molar-refractivity contribution in [3.05, 3.63) is 10.6 Å². The van der Waals surface area contributed by atoms with Crippen molar-refractivity contribution in [2.75, 3.05) is 0 Å². The summed E-state index contributed by atoms with van der Waals surface area (Å²) in [6, 6.07) is -0.450. The highest BCUT2D eigenvalue weighted by Gasteiger charge is 2.25. The van der Waals surface area contributed by atoms with Gasteiger partial charge >= 0.3 is 12.0 Å². The second kappa shape index (κ2) is 8.00. The third-order valence-corrected chi connectivity index (χ3v) is 4.40. The smallest absolute Gasteiger partial charge is 0.352 e. The van der Waals surface area contributed by atoms with Crippen molar-refractivity contribution in [1.29, 1.82) is 0 Å². The average molecular weight is 340 g/mol. The van der Waals surface area contributed by atoms with E-state index in [9.17, 15) is 14.4 Å². The van der Waals surface area contributed by atoms with Crippen molar-refractivity contribution in [3.8, 4) is 0 Å². The first-order valence-corrected chi connectivity index (χ1v) is 8.42. The second-order valence-electron chi connectivity index (χ2n) is 5.39. The van der Waals surface area contributed by atoms with Crippen molar-refractivity contribution in [1.82, 2.24) is 20.2 Å². The predicted molar refractivity (Wildman–Crippen MR) is 83.1 cm³/mol. The van der Waals surface area contributed by atoms with Crippen molar-refractivity contribution >= 4 is 29.4 Å². The van der Waals surface area contributed by atoms with Gasteiger partial charge in [-0.1, -0.05) is 24.3 Å². The molecule has 2 N–H and O–H groups in total. The van der Waals surface area contributed by atoms with Crippen LogP contribution in [0.25, 0.3) is 0 Å². The maximum Gasteiger partial charge on any atom is 0.352 e. The molecule has 1 aliphatic rings. The molecule has 1 aromatic heterocycles. The molecule has 8 nitrogen and oxygen atoms in total. The Labute approximate surface area is 138 Å². The summed E-state index contributed by atoms with van der Waals surface area (Å²) in [7, 11) is 0. The first-order chi connectivity index (χ1) is 11.0. The lowest BCUT2D eigenvalue weighted by atomic mass is 10.2. The Kier molecular flexibility index (Phi) is 6.03. The first kappa shape index (κ1) is 17.3. The summed E-state index contributed by atoms with van der Waals surface area (Å²) >= 11 is 0.925. The summed E-state index contributed by atoms with van der Waals surface area (Å²) in [4.78, 5) is 35.9. The van der Waals surface area contributed by atoms with Crippen LogP contribution in [0.15, 0.2) is 0 Å². The lowest BCUT2D eigenvalue weighted by molar-refractivity contribution is -0.127. The number of carbonyl (C=O) groups excluding carboxylic acids is 3. The molecule has 1 saturated carbocycles. The van der Waals surface area contributed by atoms with Crippen LogP contribution in [0, 0.1) is 0 Å². The van der Waals surface area contributed by atoms with Gasteiger partial charge in [-0.05, 0) is 37.7 Å². The van der Waals surface area contributed by atoms with E-state index in [0.29, 0.717) is 12.1 Å². The van der Waals surface area contributed by atoms with Crippen LogP contribution in [-0.4, -0.2) is 39.6 Å². The van der Waals surface area contributed by atoms with E-state index >= 15 is 0 Å². The van der Waals surface area contributed by atoms with Crippen LogP contribution in [0.2, 0.25) is 0 Å². The third-order valence-electron chi connectivity index (χ3n) is 3.66. The SMILES string of the molecule is CCc1nnsc1C(=O)O[C@H](C)C(=O)NC(=O)NC1CCCC1. The van der Waals surface area contributed by atoms with Gasteiger partial charge in [0.1, 0.15) is 0 Å². The van der Waals surface area contributed by atoms with Crippen molar-refractivity contribution in [2.45, 2.75) is 58.1 Å². The fraction of sp³-hybridized carbons (Fsp3) is 0.643. The molecule has 0 spiro atoms. The Morgan fingerprint density at radius 3 is 2.70 bits per heavy atom. The number of hydrogen-bond donors (Lipinski definition) is 2. The van der Waals surface area contributed by atoms with Gasteiger partial charge in [-0.25, -0.2) is 9.59 Å². The van der Waals surface area contributed by atoms with Crippen molar-refractivity contribution in [2.24, 2.45) is 0 Å². The summed E-state index contributed by atoms with van der Waals surface area (Å²) < 4.78 is 8.77. The normalized spacial score (nSPS) is 15.9. The number of esters is 1. The molecule has 0 bridgehead atoms. The van der Waals surface area contributed by atoms with E-state index in [0.717, 1.165) is 37.2 Å². The zero-order chi connectivity index (χ0) is 16.8. The average Bonchev–Trinajstić information content (AvgIpc) is 3.17. The molecule has 1 atom stereocenters. The highest BCUT2D eigenvalue weighted by atomic mass is 32.1. The highest BCUT2D eigenvalue weighted by Crippen LogP contribution is 2.17. The molecule has 23 heavy (non-hydrogen) atoms. The van der Waals surface area contributed by atoms with Gasteiger partial charge in [-0.3, -0.25) is 10.1 Å². The van der Waals surface area contributed by atoms with Gasteiger partial charge in [0.25, 0.3) is 5.91 Å². The van der Waals surface area contributed by atoms with Crippen LogP contribution >= 0.6 is 11.5 Å². The summed E-state index contributed by atoms with van der Waals surface area (Å²) in [6.45, 7) is 3.26. The van der Waals surface area contributed by atoms with Gasteiger partial charge in [0, 0.05) is 6.04 Å². The number of nitrogens with one attached hydrogen (secondary N) is 2. The topological polar surface area (TPSA) is 110 Å². The molecule has 2 rings (SSSR count). The number of aromatic nitrogens is 2. The zero-order valence-corrected chi connectivity index (χ0v) is 13.9. The van der Waals surface area contributed by atoms with E-state index in [2.05, 4.69) is 20.2 Å². The van der Waals surface area contributed by atoms with Gasteiger partial charge in [-0.2, -0.15) is 0 Å². The molecule has 1 heterocycles. The number of carbonyl (C=O) groups is 3. The fourth-order valence-corrected chi connectivity index (χ4v) is 3.00. The van der Waals surface area contributed by atoms with Gasteiger partial charge in [0.2, 0.25) is 0 Å². The number of amides is 3. The number of rotatable bonds is 5. The molecule has 0 radical (unpaired) electrons. The molecule has 126 valence electrons. The standard InChI is InChI=1S/C14H20N4O4S/c1-3-10-11(23-18-17-10)13(20)22-8(2)12(19)16-14(21)15-9-6-4-5-7-9/h8-9H,3-7H2,1-2H3,(H2,15,16,19,21)/t8-/m1/s1. The number of ether oxygens (including phenoxy) is 1. The largest absolute Gasteiger partial charge is 0.448 e. The lowest BCUT2D eigenvalue weighted by Gasteiger charge is -2.15. The summed E-state index contributed by atoms with van der Waals surface area (Å²) in [5.41, 5.74) is 0.534. The third kappa shape index (κ3) is 4.72. The number of hydrogen-bond acceptors (Lipinski definition) is 7. The number of urea groups is 1. The van der Waals surface area contributed by atoms with Crippen LogP contribution in [0.5, 0.6) is 0 Å². The Hall–Kier alpha value is -2.03. The minimum atomic E-state index is -1.08. The van der Waals surface area contributed by atoms with Crippen LogP contribution in [0.4, 0.5) is 4.79 Å². The monoisotopic (exact) mass is 340 g/mol. The Morgan fingerprint density at radius 2 is 2.04 bits per heavy atom. The molecule has 9 heteroatoms. The number of aryl methyl sites for hydroxylation is 1. The van der Waals surface area contributed by atoms with E-state index in [1.807, 2.05) is 6.92 Å². The molecular weight excluding hydrogens is 320 g/mol. The van der Waals surface area contributed by atoms with E-state index in [1.165, 1.54) is 6.92 Å². The molecule has 1 aromatic rings. The minimum Gasteiger partial charge on any atom is -0.448 e. The molecule has 0 aliphatic heterocycles. The van der Waals surface area contributed by atoms with E-state index < -0.39 is 24.0 Å². The highest BCUT2D eigenvalue weighted by molar-refractivity contribution is 7.07. The van der Waals surface area contributed by atoms with Gasteiger partial charge < -0.3 is 10.1 Å². The molecule has 1 aliphatic carbocycles. The van der Waals surface area contributed by atoms with Crippen molar-refractivity contribution in [3.63, 3.8) is 0 Å². The van der Waals surface area contributed by atoms with E-state index in [4.69, 9.17) is 4.74 Å². The second-order valence-corrected chi connectivity index (χ2v) is 6.15. The lowest BCUT2D eigenvalue weighted by Crippen LogP contribution is -2.47.